The van der Waals surface area contributed by atoms with Crippen molar-refractivity contribution in [3.05, 3.63) is 47.5 Å². The number of H-pyrrole nitrogens is 1. The minimum absolute atomic E-state index is 0.0814. The summed E-state index contributed by atoms with van der Waals surface area (Å²) in [5.41, 5.74) is 1.35. The van der Waals surface area contributed by atoms with Crippen molar-refractivity contribution in [3.8, 4) is 0 Å². The van der Waals surface area contributed by atoms with Crippen LogP contribution >= 0.6 is 0 Å². The first-order valence-electron chi connectivity index (χ1n) is 6.57. The summed E-state index contributed by atoms with van der Waals surface area (Å²) in [4.78, 5) is 14.4. The number of halogens is 3. The van der Waals surface area contributed by atoms with Gasteiger partial charge in [-0.05, 0) is 35.9 Å². The molecule has 0 saturated carbocycles. The summed E-state index contributed by atoms with van der Waals surface area (Å²) >= 11 is 0. The summed E-state index contributed by atoms with van der Waals surface area (Å²) in [6, 6.07) is 8.80. The standard InChI is InChI=1S/C16H12F3NO2/c1-22-15(21)7-9-2-4-13-11(6-9)12-8-10(16(17,18)19)3-5-14(12)20-13/h2-6,8,20H,7H2,1H3. The van der Waals surface area contributed by atoms with E-state index in [4.69, 9.17) is 0 Å². The van der Waals surface area contributed by atoms with Crippen LogP contribution in [0.2, 0.25) is 0 Å². The summed E-state index contributed by atoms with van der Waals surface area (Å²) in [6.07, 6.45) is -4.31. The number of carbonyl (C=O) groups excluding carboxylic acids is 1. The van der Waals surface area contributed by atoms with Gasteiger partial charge in [-0.25, -0.2) is 0 Å². The van der Waals surface area contributed by atoms with Gasteiger partial charge in [0.1, 0.15) is 0 Å². The van der Waals surface area contributed by atoms with E-state index in [9.17, 15) is 18.0 Å². The average Bonchev–Trinajstić information content (AvgIpc) is 2.83. The lowest BCUT2D eigenvalue weighted by atomic mass is 10.1. The Kier molecular flexibility index (Phi) is 3.31. The van der Waals surface area contributed by atoms with E-state index in [2.05, 4.69) is 9.72 Å². The molecule has 0 aliphatic heterocycles. The molecule has 1 heterocycles. The number of alkyl halides is 3. The van der Waals surface area contributed by atoms with Gasteiger partial charge in [0.2, 0.25) is 0 Å². The van der Waals surface area contributed by atoms with Gasteiger partial charge in [-0.3, -0.25) is 4.79 Å². The molecule has 0 fully saturated rings. The number of aromatic nitrogens is 1. The Morgan fingerprint density at radius 1 is 1.09 bits per heavy atom. The highest BCUT2D eigenvalue weighted by molar-refractivity contribution is 6.07. The van der Waals surface area contributed by atoms with Gasteiger partial charge >= 0.3 is 12.1 Å². The maximum absolute atomic E-state index is 12.8. The molecule has 1 N–H and O–H groups in total. The smallest absolute Gasteiger partial charge is 0.416 e. The Labute approximate surface area is 123 Å². The second kappa shape index (κ2) is 5.05. The van der Waals surface area contributed by atoms with Crippen LogP contribution in [0.15, 0.2) is 36.4 Å². The number of rotatable bonds is 2. The number of ether oxygens (including phenoxy) is 1. The zero-order chi connectivity index (χ0) is 15.9. The predicted octanol–water partition coefficient (Wildman–Crippen LogP) is 4.06. The fraction of sp³-hybridized carbons (Fsp3) is 0.188. The first-order chi connectivity index (χ1) is 10.4. The fourth-order valence-electron chi connectivity index (χ4n) is 2.47. The minimum atomic E-state index is -4.39. The highest BCUT2D eigenvalue weighted by atomic mass is 19.4. The number of fused-ring (bicyclic) bond motifs is 3. The highest BCUT2D eigenvalue weighted by Crippen LogP contribution is 2.34. The Morgan fingerprint density at radius 2 is 1.73 bits per heavy atom. The molecule has 3 nitrogen and oxygen atoms in total. The number of nitrogens with one attached hydrogen (secondary N) is 1. The molecule has 2 aromatic carbocycles. The van der Waals surface area contributed by atoms with Gasteiger partial charge < -0.3 is 9.72 Å². The SMILES string of the molecule is COC(=O)Cc1ccc2[nH]c3ccc(C(F)(F)F)cc3c2c1. The van der Waals surface area contributed by atoms with Crippen LogP contribution in [0, 0.1) is 0 Å². The zero-order valence-corrected chi connectivity index (χ0v) is 11.6. The first-order valence-corrected chi connectivity index (χ1v) is 6.57. The topological polar surface area (TPSA) is 42.1 Å². The van der Waals surface area contributed by atoms with Crippen LogP contribution in [0.4, 0.5) is 13.2 Å². The molecule has 0 unspecified atom stereocenters. The van der Waals surface area contributed by atoms with Crippen LogP contribution in [0.3, 0.4) is 0 Å². The summed E-state index contributed by atoms with van der Waals surface area (Å²) in [5.74, 6) is -0.393. The van der Waals surface area contributed by atoms with Crippen LogP contribution in [-0.4, -0.2) is 18.1 Å². The molecule has 6 heteroatoms. The number of esters is 1. The van der Waals surface area contributed by atoms with Crippen molar-refractivity contribution in [2.45, 2.75) is 12.6 Å². The van der Waals surface area contributed by atoms with Crippen molar-refractivity contribution < 1.29 is 22.7 Å². The van der Waals surface area contributed by atoms with E-state index in [1.807, 2.05) is 0 Å². The highest BCUT2D eigenvalue weighted by Gasteiger charge is 2.30. The fourth-order valence-corrected chi connectivity index (χ4v) is 2.47. The monoisotopic (exact) mass is 307 g/mol. The Hall–Kier alpha value is -2.50. The predicted molar refractivity (Wildman–Crippen MR) is 76.5 cm³/mol. The lowest BCUT2D eigenvalue weighted by Crippen LogP contribution is -2.04. The van der Waals surface area contributed by atoms with Crippen molar-refractivity contribution in [3.63, 3.8) is 0 Å². The number of benzene rings is 2. The number of hydrogen-bond acceptors (Lipinski definition) is 2. The van der Waals surface area contributed by atoms with Crippen molar-refractivity contribution in [2.75, 3.05) is 7.11 Å². The average molecular weight is 307 g/mol. The second-order valence-corrected chi connectivity index (χ2v) is 5.02. The second-order valence-electron chi connectivity index (χ2n) is 5.02. The molecule has 0 radical (unpaired) electrons. The number of carbonyl (C=O) groups is 1. The molecular formula is C16H12F3NO2. The largest absolute Gasteiger partial charge is 0.469 e. The van der Waals surface area contributed by atoms with Crippen LogP contribution < -0.4 is 0 Å². The molecule has 0 atom stereocenters. The van der Waals surface area contributed by atoms with Gasteiger partial charge in [0.05, 0.1) is 19.1 Å². The van der Waals surface area contributed by atoms with Crippen molar-refractivity contribution in [1.29, 1.82) is 0 Å². The zero-order valence-electron chi connectivity index (χ0n) is 11.6. The molecule has 22 heavy (non-hydrogen) atoms. The van der Waals surface area contributed by atoms with Crippen LogP contribution in [-0.2, 0) is 22.1 Å². The Morgan fingerprint density at radius 3 is 2.36 bits per heavy atom. The Balaban J connectivity index is 2.16. The lowest BCUT2D eigenvalue weighted by molar-refractivity contribution is -0.140. The van der Waals surface area contributed by atoms with E-state index >= 15 is 0 Å². The van der Waals surface area contributed by atoms with E-state index in [0.717, 1.165) is 17.6 Å². The van der Waals surface area contributed by atoms with Crippen molar-refractivity contribution in [1.82, 2.24) is 4.98 Å². The number of hydrogen-bond donors (Lipinski definition) is 1. The third-order valence-corrected chi connectivity index (χ3v) is 3.57. The molecule has 0 aliphatic carbocycles. The molecule has 0 saturated heterocycles. The van der Waals surface area contributed by atoms with E-state index in [1.54, 1.807) is 18.2 Å². The summed E-state index contributed by atoms with van der Waals surface area (Å²) in [7, 11) is 1.29. The maximum Gasteiger partial charge on any atom is 0.416 e. The normalized spacial score (nSPS) is 12.0. The molecule has 3 rings (SSSR count). The summed E-state index contributed by atoms with van der Waals surface area (Å²) in [6.45, 7) is 0. The van der Waals surface area contributed by atoms with Gasteiger partial charge in [-0.1, -0.05) is 6.07 Å². The molecule has 0 amide bonds. The number of methoxy groups -OCH3 is 1. The molecule has 114 valence electrons. The Bertz CT molecular complexity index is 865. The molecular weight excluding hydrogens is 295 g/mol. The van der Waals surface area contributed by atoms with Gasteiger partial charge in [0, 0.05) is 21.8 Å². The van der Waals surface area contributed by atoms with Crippen molar-refractivity contribution >= 4 is 27.8 Å². The van der Waals surface area contributed by atoms with Gasteiger partial charge in [-0.15, -0.1) is 0 Å². The van der Waals surface area contributed by atoms with E-state index in [-0.39, 0.29) is 6.42 Å². The van der Waals surface area contributed by atoms with Gasteiger partial charge in [-0.2, -0.15) is 13.2 Å². The quantitative estimate of drug-likeness (QED) is 0.726. The van der Waals surface area contributed by atoms with Crippen LogP contribution in [0.1, 0.15) is 11.1 Å². The molecule has 0 aliphatic rings. The van der Waals surface area contributed by atoms with E-state index in [0.29, 0.717) is 21.9 Å². The van der Waals surface area contributed by atoms with Crippen molar-refractivity contribution in [2.24, 2.45) is 0 Å². The van der Waals surface area contributed by atoms with E-state index in [1.165, 1.54) is 13.2 Å². The van der Waals surface area contributed by atoms with Gasteiger partial charge in [0.15, 0.2) is 0 Å². The third kappa shape index (κ3) is 2.52. The van der Waals surface area contributed by atoms with Gasteiger partial charge in [0.25, 0.3) is 0 Å². The van der Waals surface area contributed by atoms with Crippen LogP contribution in [0.5, 0.6) is 0 Å². The summed E-state index contributed by atoms with van der Waals surface area (Å²) in [5, 5.41) is 1.14. The third-order valence-electron chi connectivity index (χ3n) is 3.57. The first kappa shape index (κ1) is 14.4. The summed E-state index contributed by atoms with van der Waals surface area (Å²) < 4.78 is 43.1. The molecule has 0 bridgehead atoms. The molecule has 1 aromatic heterocycles. The molecule has 0 spiro atoms. The van der Waals surface area contributed by atoms with Crippen LogP contribution in [0.25, 0.3) is 21.8 Å². The number of aromatic amines is 1. The maximum atomic E-state index is 12.8. The molecule has 3 aromatic rings. The minimum Gasteiger partial charge on any atom is -0.469 e. The van der Waals surface area contributed by atoms with E-state index < -0.39 is 17.7 Å². The lowest BCUT2D eigenvalue weighted by Gasteiger charge is -2.06.